The molecule has 1 amide bonds. The number of benzene rings is 6. The van der Waals surface area contributed by atoms with E-state index in [1.54, 1.807) is 54.9 Å². The Balaban J connectivity index is 1.12. The SMILES string of the molecule is O=C(c1ccccc1-c1ccccc1)N(c1ccc2c(c1)CCN2Cc1ncn(C(c2ccccc2)(c2ccccc2)c2ccccc2)n1)C(F)(F)F. The molecule has 262 valence electrons. The molecule has 1 aliphatic heterocycles. The van der Waals surface area contributed by atoms with Crippen LogP contribution < -0.4 is 9.80 Å². The second-order valence-corrected chi connectivity index (χ2v) is 12.9. The van der Waals surface area contributed by atoms with Crippen molar-refractivity contribution >= 4 is 17.3 Å². The van der Waals surface area contributed by atoms with E-state index < -0.39 is 17.7 Å². The van der Waals surface area contributed by atoms with Crippen molar-refractivity contribution < 1.29 is 18.0 Å². The molecule has 0 N–H and O–H groups in total. The molecule has 0 unspecified atom stereocenters. The van der Waals surface area contributed by atoms with Crippen molar-refractivity contribution in [3.05, 3.63) is 204 Å². The summed E-state index contributed by atoms with van der Waals surface area (Å²) in [5.41, 5.74) is 4.56. The normalized spacial score (nSPS) is 12.8. The zero-order chi connectivity index (χ0) is 36.4. The summed E-state index contributed by atoms with van der Waals surface area (Å²) in [6.45, 7) is 0.908. The van der Waals surface area contributed by atoms with Crippen LogP contribution in [0.1, 0.15) is 38.4 Å². The van der Waals surface area contributed by atoms with Gasteiger partial charge < -0.3 is 4.90 Å². The highest BCUT2D eigenvalue weighted by Gasteiger charge is 2.44. The van der Waals surface area contributed by atoms with E-state index in [0.717, 1.165) is 22.4 Å². The standard InChI is InChI=1S/C44H34F3N5O/c45-44(46,47)52(42(53)39-24-14-13-23-38(39)32-15-5-1-6-16-32)37-25-26-40-33(29-37)27-28-50(40)30-41-48-31-51(49-41)43(34-17-7-2-8-18-34,35-19-9-3-10-20-35)36-21-11-4-12-22-36/h1-26,29,31H,27-28,30H2. The zero-order valence-corrected chi connectivity index (χ0v) is 28.6. The molecule has 1 aromatic heterocycles. The predicted molar refractivity (Wildman–Crippen MR) is 201 cm³/mol. The monoisotopic (exact) mass is 705 g/mol. The fourth-order valence-electron chi connectivity index (χ4n) is 7.44. The van der Waals surface area contributed by atoms with Crippen molar-refractivity contribution in [2.24, 2.45) is 0 Å². The fourth-order valence-corrected chi connectivity index (χ4v) is 7.44. The molecule has 8 rings (SSSR count). The molecule has 2 heterocycles. The van der Waals surface area contributed by atoms with Crippen molar-refractivity contribution in [2.45, 2.75) is 24.8 Å². The van der Waals surface area contributed by atoms with Gasteiger partial charge in [-0.15, -0.1) is 13.2 Å². The van der Waals surface area contributed by atoms with E-state index >= 15 is 0 Å². The second-order valence-electron chi connectivity index (χ2n) is 12.9. The van der Waals surface area contributed by atoms with E-state index in [1.807, 2.05) is 65.3 Å². The Labute approximate surface area is 305 Å². The Kier molecular flexibility index (Phi) is 8.84. The van der Waals surface area contributed by atoms with E-state index in [1.165, 1.54) is 18.2 Å². The molecule has 0 spiro atoms. The summed E-state index contributed by atoms with van der Waals surface area (Å²) in [5, 5.41) is 5.08. The molecule has 53 heavy (non-hydrogen) atoms. The van der Waals surface area contributed by atoms with Crippen LogP contribution in [-0.4, -0.2) is 33.5 Å². The molecule has 9 heteroatoms. The number of anilines is 2. The third kappa shape index (κ3) is 6.24. The van der Waals surface area contributed by atoms with Crippen molar-refractivity contribution in [3.63, 3.8) is 0 Å². The number of halogens is 3. The van der Waals surface area contributed by atoms with E-state index in [9.17, 15) is 18.0 Å². The number of fused-ring (bicyclic) bond motifs is 1. The van der Waals surface area contributed by atoms with Crippen LogP contribution in [0.2, 0.25) is 0 Å². The van der Waals surface area contributed by atoms with Gasteiger partial charge in [0.1, 0.15) is 11.9 Å². The highest BCUT2D eigenvalue weighted by molar-refractivity contribution is 6.10. The first-order valence-corrected chi connectivity index (χ1v) is 17.4. The van der Waals surface area contributed by atoms with Gasteiger partial charge in [0.15, 0.2) is 5.82 Å². The number of aromatic nitrogens is 3. The summed E-state index contributed by atoms with van der Waals surface area (Å²) >= 11 is 0. The molecule has 0 radical (unpaired) electrons. The van der Waals surface area contributed by atoms with Gasteiger partial charge in [-0.25, -0.2) is 14.6 Å². The number of amides is 1. The molecular weight excluding hydrogens is 672 g/mol. The van der Waals surface area contributed by atoms with E-state index in [0.29, 0.717) is 42.0 Å². The van der Waals surface area contributed by atoms with Crippen molar-refractivity contribution in [1.82, 2.24) is 14.8 Å². The van der Waals surface area contributed by atoms with Crippen molar-refractivity contribution in [1.29, 1.82) is 0 Å². The van der Waals surface area contributed by atoms with Crippen LogP contribution >= 0.6 is 0 Å². The molecule has 6 aromatic carbocycles. The maximum atomic E-state index is 14.7. The number of alkyl halides is 3. The minimum atomic E-state index is -4.95. The van der Waals surface area contributed by atoms with Gasteiger partial charge in [-0.3, -0.25) is 4.79 Å². The highest BCUT2D eigenvalue weighted by Crippen LogP contribution is 2.41. The first kappa shape index (κ1) is 33.7. The maximum absolute atomic E-state index is 14.7. The third-order valence-corrected chi connectivity index (χ3v) is 9.80. The molecule has 0 bridgehead atoms. The van der Waals surface area contributed by atoms with Crippen LogP contribution in [0, 0.1) is 0 Å². The number of carbonyl (C=O) groups excluding carboxylic acids is 1. The van der Waals surface area contributed by atoms with Gasteiger partial charge in [0.2, 0.25) is 0 Å². The van der Waals surface area contributed by atoms with Crippen molar-refractivity contribution in [3.8, 4) is 11.1 Å². The molecule has 6 nitrogen and oxygen atoms in total. The first-order valence-electron chi connectivity index (χ1n) is 17.4. The maximum Gasteiger partial charge on any atom is 0.491 e. The number of rotatable bonds is 9. The van der Waals surface area contributed by atoms with Crippen LogP contribution in [0.3, 0.4) is 0 Å². The van der Waals surface area contributed by atoms with Gasteiger partial charge in [0, 0.05) is 17.8 Å². The molecule has 1 aliphatic rings. The summed E-state index contributed by atoms with van der Waals surface area (Å²) < 4.78 is 46.1. The lowest BCUT2D eigenvalue weighted by Gasteiger charge is -2.35. The molecular formula is C44H34F3N5O. The summed E-state index contributed by atoms with van der Waals surface area (Å²) in [6.07, 6.45) is -2.69. The molecule has 0 fully saturated rings. The van der Waals surface area contributed by atoms with Crippen LogP contribution in [0.25, 0.3) is 11.1 Å². The summed E-state index contributed by atoms with van der Waals surface area (Å²) in [6, 6.07) is 50.4. The lowest BCUT2D eigenvalue weighted by atomic mass is 9.77. The average molecular weight is 706 g/mol. The number of carbonyl (C=O) groups is 1. The Morgan fingerprint density at radius 3 is 1.81 bits per heavy atom. The van der Waals surface area contributed by atoms with Crippen LogP contribution in [0.4, 0.5) is 24.5 Å². The number of nitrogens with zero attached hydrogens (tertiary/aromatic N) is 5. The largest absolute Gasteiger partial charge is 0.491 e. The summed E-state index contributed by atoms with van der Waals surface area (Å²) in [4.78, 5) is 20.5. The fraction of sp³-hybridized carbons (Fsp3) is 0.114. The molecule has 0 saturated carbocycles. The molecule has 7 aromatic rings. The van der Waals surface area contributed by atoms with Crippen LogP contribution in [-0.2, 0) is 18.5 Å². The van der Waals surface area contributed by atoms with E-state index in [2.05, 4.69) is 41.3 Å². The topological polar surface area (TPSA) is 54.3 Å². The van der Waals surface area contributed by atoms with Gasteiger partial charge in [0.25, 0.3) is 5.91 Å². The third-order valence-electron chi connectivity index (χ3n) is 9.80. The minimum absolute atomic E-state index is 0.0302. The van der Waals surface area contributed by atoms with Gasteiger partial charge >= 0.3 is 6.30 Å². The lowest BCUT2D eigenvalue weighted by Crippen LogP contribution is -2.43. The smallest absolute Gasteiger partial charge is 0.363 e. The summed E-state index contributed by atoms with van der Waals surface area (Å²) in [7, 11) is 0. The Bertz CT molecular complexity index is 2250. The van der Waals surface area contributed by atoms with Gasteiger partial charge in [-0.2, -0.15) is 5.10 Å². The van der Waals surface area contributed by atoms with Gasteiger partial charge in [-0.1, -0.05) is 140 Å². The molecule has 0 saturated heterocycles. The zero-order valence-electron chi connectivity index (χ0n) is 28.6. The minimum Gasteiger partial charge on any atom is -0.363 e. The Hall–Kier alpha value is -6.48. The van der Waals surface area contributed by atoms with E-state index in [4.69, 9.17) is 10.1 Å². The molecule has 0 aliphatic carbocycles. The summed E-state index contributed by atoms with van der Waals surface area (Å²) in [5.74, 6) is -0.570. The van der Waals surface area contributed by atoms with E-state index in [-0.39, 0.29) is 16.2 Å². The van der Waals surface area contributed by atoms with Gasteiger partial charge in [-0.05, 0) is 64.1 Å². The van der Waals surface area contributed by atoms with Crippen LogP contribution in [0.5, 0.6) is 0 Å². The Morgan fingerprint density at radius 2 is 1.23 bits per heavy atom. The first-order chi connectivity index (χ1) is 25.8. The van der Waals surface area contributed by atoms with Gasteiger partial charge in [0.05, 0.1) is 12.2 Å². The molecule has 0 atom stereocenters. The lowest BCUT2D eigenvalue weighted by molar-refractivity contribution is -0.122. The average Bonchev–Trinajstić information content (AvgIpc) is 3.83. The highest BCUT2D eigenvalue weighted by atomic mass is 19.4. The predicted octanol–water partition coefficient (Wildman–Crippen LogP) is 9.51. The Morgan fingerprint density at radius 1 is 0.679 bits per heavy atom. The number of hydrogen-bond acceptors (Lipinski definition) is 4. The second kappa shape index (κ2) is 13.9. The van der Waals surface area contributed by atoms with Crippen LogP contribution in [0.15, 0.2) is 170 Å². The quantitative estimate of drug-likeness (QED) is 0.111. The van der Waals surface area contributed by atoms with Crippen molar-refractivity contribution in [2.75, 3.05) is 16.3 Å². The number of hydrogen-bond donors (Lipinski definition) is 0.